The third kappa shape index (κ3) is 2.77. The molecule has 0 saturated heterocycles. The van der Waals surface area contributed by atoms with Crippen molar-refractivity contribution in [2.75, 3.05) is 6.54 Å². The van der Waals surface area contributed by atoms with E-state index in [0.29, 0.717) is 16.1 Å². The van der Waals surface area contributed by atoms with Crippen LogP contribution in [-0.4, -0.2) is 26.4 Å². The number of rotatable bonds is 3. The molecule has 3 aromatic heterocycles. The van der Waals surface area contributed by atoms with Gasteiger partial charge in [0.2, 0.25) is 0 Å². The molecule has 0 N–H and O–H groups in total. The maximum absolute atomic E-state index is 5.89. The van der Waals surface area contributed by atoms with Gasteiger partial charge in [0, 0.05) is 48.9 Å². The van der Waals surface area contributed by atoms with E-state index in [2.05, 4.69) is 19.9 Å². The van der Waals surface area contributed by atoms with Crippen LogP contribution < -0.4 is 0 Å². The predicted molar refractivity (Wildman–Crippen MR) is 84.7 cm³/mol. The van der Waals surface area contributed by atoms with Gasteiger partial charge in [0.15, 0.2) is 16.1 Å². The molecule has 0 spiro atoms. The first-order valence-corrected chi connectivity index (χ1v) is 8.18. The Morgan fingerprint density at radius 2 is 2.27 bits per heavy atom. The number of fused-ring (bicyclic) bond motifs is 1. The molecule has 1 aliphatic heterocycles. The van der Waals surface area contributed by atoms with E-state index >= 15 is 0 Å². The molecule has 0 fully saturated rings. The highest BCUT2D eigenvalue weighted by atomic mass is 35.5. The summed E-state index contributed by atoms with van der Waals surface area (Å²) in [6.07, 6.45) is 6.31. The fourth-order valence-electron chi connectivity index (χ4n) is 2.61. The highest BCUT2D eigenvalue weighted by Gasteiger charge is 2.20. The largest absolute Gasteiger partial charge is 0.461 e. The summed E-state index contributed by atoms with van der Waals surface area (Å²) in [6.45, 7) is 2.68. The summed E-state index contributed by atoms with van der Waals surface area (Å²) in [4.78, 5) is 16.7. The zero-order valence-electron chi connectivity index (χ0n) is 11.7. The SMILES string of the molecule is Clc1ncc(CN2CCc3nc(-c4ccco4)ncc3C2)s1. The van der Waals surface area contributed by atoms with Gasteiger partial charge in [-0.1, -0.05) is 11.6 Å². The molecule has 4 heterocycles. The van der Waals surface area contributed by atoms with E-state index in [1.54, 1.807) is 6.26 Å². The number of furan rings is 1. The molecule has 5 nitrogen and oxygen atoms in total. The Morgan fingerprint density at radius 1 is 1.32 bits per heavy atom. The Balaban J connectivity index is 1.52. The molecule has 4 rings (SSSR count). The summed E-state index contributed by atoms with van der Waals surface area (Å²) in [6, 6.07) is 3.73. The lowest BCUT2D eigenvalue weighted by atomic mass is 10.1. The van der Waals surface area contributed by atoms with Gasteiger partial charge in [-0.05, 0) is 12.1 Å². The molecule has 0 unspecified atom stereocenters. The number of hydrogen-bond acceptors (Lipinski definition) is 6. The van der Waals surface area contributed by atoms with Crippen LogP contribution in [-0.2, 0) is 19.5 Å². The van der Waals surface area contributed by atoms with Crippen LogP contribution in [0.4, 0.5) is 0 Å². The van der Waals surface area contributed by atoms with Crippen molar-refractivity contribution in [3.63, 3.8) is 0 Å². The predicted octanol–water partition coefficient (Wildman–Crippen LogP) is 3.40. The number of hydrogen-bond donors (Lipinski definition) is 0. The van der Waals surface area contributed by atoms with E-state index in [-0.39, 0.29) is 0 Å². The molecule has 3 aromatic rings. The lowest BCUT2D eigenvalue weighted by molar-refractivity contribution is 0.245. The van der Waals surface area contributed by atoms with Crippen LogP contribution in [0.3, 0.4) is 0 Å². The molecule has 0 radical (unpaired) electrons. The first-order chi connectivity index (χ1) is 10.8. The van der Waals surface area contributed by atoms with Gasteiger partial charge >= 0.3 is 0 Å². The van der Waals surface area contributed by atoms with Gasteiger partial charge in [0.05, 0.1) is 12.0 Å². The summed E-state index contributed by atoms with van der Waals surface area (Å²) >= 11 is 7.42. The van der Waals surface area contributed by atoms with E-state index in [0.717, 1.165) is 31.7 Å². The van der Waals surface area contributed by atoms with Crippen LogP contribution in [0, 0.1) is 0 Å². The highest BCUT2D eigenvalue weighted by molar-refractivity contribution is 7.15. The third-order valence-electron chi connectivity index (χ3n) is 3.66. The minimum absolute atomic E-state index is 0.596. The van der Waals surface area contributed by atoms with E-state index < -0.39 is 0 Å². The number of aromatic nitrogens is 3. The highest BCUT2D eigenvalue weighted by Crippen LogP contribution is 2.24. The standard InChI is InChI=1S/C15H13ClN4OS/c16-15-18-7-11(22-15)9-20-4-3-12-10(8-20)6-17-14(19-12)13-2-1-5-21-13/h1-2,5-7H,3-4,8-9H2. The Kier molecular flexibility index (Phi) is 3.65. The molecule has 0 atom stereocenters. The number of nitrogens with zero attached hydrogens (tertiary/aromatic N) is 4. The monoisotopic (exact) mass is 332 g/mol. The van der Waals surface area contributed by atoms with Gasteiger partial charge in [0.25, 0.3) is 0 Å². The second-order valence-electron chi connectivity index (χ2n) is 5.18. The molecule has 0 saturated carbocycles. The molecule has 0 bridgehead atoms. The smallest absolute Gasteiger partial charge is 0.195 e. The summed E-state index contributed by atoms with van der Waals surface area (Å²) < 4.78 is 5.96. The van der Waals surface area contributed by atoms with Crippen molar-refractivity contribution in [3.8, 4) is 11.6 Å². The average molecular weight is 333 g/mol. The fraction of sp³-hybridized carbons (Fsp3) is 0.267. The lowest BCUT2D eigenvalue weighted by Gasteiger charge is -2.27. The van der Waals surface area contributed by atoms with Crippen LogP contribution in [0.2, 0.25) is 4.47 Å². The normalized spacial score (nSPS) is 15.0. The van der Waals surface area contributed by atoms with E-state index in [4.69, 9.17) is 16.0 Å². The van der Waals surface area contributed by atoms with Crippen molar-refractivity contribution in [2.24, 2.45) is 0 Å². The first-order valence-electron chi connectivity index (χ1n) is 6.99. The Labute approximate surface area is 136 Å². The van der Waals surface area contributed by atoms with Crippen molar-refractivity contribution in [1.29, 1.82) is 0 Å². The van der Waals surface area contributed by atoms with Gasteiger partial charge in [-0.25, -0.2) is 15.0 Å². The molecule has 0 aromatic carbocycles. The maximum atomic E-state index is 5.89. The van der Waals surface area contributed by atoms with Crippen LogP contribution in [0.25, 0.3) is 11.6 Å². The zero-order chi connectivity index (χ0) is 14.9. The van der Waals surface area contributed by atoms with Gasteiger partial charge in [-0.15, -0.1) is 11.3 Å². The second kappa shape index (κ2) is 5.79. The lowest BCUT2D eigenvalue weighted by Crippen LogP contribution is -2.30. The topological polar surface area (TPSA) is 55.1 Å². The summed E-state index contributed by atoms with van der Waals surface area (Å²) in [5, 5.41) is 0. The molecule has 0 amide bonds. The van der Waals surface area contributed by atoms with Crippen molar-refractivity contribution in [1.82, 2.24) is 19.9 Å². The Hall–Kier alpha value is -1.76. The van der Waals surface area contributed by atoms with Crippen molar-refractivity contribution in [3.05, 3.63) is 51.4 Å². The Morgan fingerprint density at radius 3 is 3.05 bits per heavy atom. The number of halogens is 1. The van der Waals surface area contributed by atoms with Crippen molar-refractivity contribution in [2.45, 2.75) is 19.5 Å². The average Bonchev–Trinajstić information content (AvgIpc) is 3.19. The van der Waals surface area contributed by atoms with Crippen LogP contribution in [0.15, 0.2) is 35.2 Å². The quantitative estimate of drug-likeness (QED) is 0.735. The number of thiazole rings is 1. The van der Waals surface area contributed by atoms with Gasteiger partial charge in [0.1, 0.15) is 0 Å². The summed E-state index contributed by atoms with van der Waals surface area (Å²) in [7, 11) is 0. The zero-order valence-corrected chi connectivity index (χ0v) is 13.3. The van der Waals surface area contributed by atoms with Gasteiger partial charge < -0.3 is 4.42 Å². The summed E-state index contributed by atoms with van der Waals surface area (Å²) in [5.74, 6) is 1.37. The first kappa shape index (κ1) is 13.9. The van der Waals surface area contributed by atoms with Crippen LogP contribution in [0.5, 0.6) is 0 Å². The van der Waals surface area contributed by atoms with E-state index in [9.17, 15) is 0 Å². The fourth-order valence-corrected chi connectivity index (χ4v) is 3.63. The minimum Gasteiger partial charge on any atom is -0.461 e. The van der Waals surface area contributed by atoms with Gasteiger partial charge in [-0.2, -0.15) is 0 Å². The van der Waals surface area contributed by atoms with Crippen molar-refractivity contribution < 1.29 is 4.42 Å². The molecule has 112 valence electrons. The maximum Gasteiger partial charge on any atom is 0.195 e. The van der Waals surface area contributed by atoms with Crippen LogP contribution >= 0.6 is 22.9 Å². The third-order valence-corrected chi connectivity index (χ3v) is 4.76. The molecule has 7 heteroatoms. The van der Waals surface area contributed by atoms with Crippen LogP contribution in [0.1, 0.15) is 16.1 Å². The van der Waals surface area contributed by atoms with Crippen molar-refractivity contribution >= 4 is 22.9 Å². The van der Waals surface area contributed by atoms with E-state index in [1.807, 2.05) is 24.5 Å². The molecule has 0 aliphatic carbocycles. The summed E-state index contributed by atoms with van der Waals surface area (Å²) in [5.41, 5.74) is 2.29. The van der Waals surface area contributed by atoms with E-state index in [1.165, 1.54) is 21.8 Å². The molecular formula is C15H13ClN4OS. The molecule has 1 aliphatic rings. The van der Waals surface area contributed by atoms with Gasteiger partial charge in [-0.3, -0.25) is 4.90 Å². The molecular weight excluding hydrogens is 320 g/mol. The molecule has 22 heavy (non-hydrogen) atoms. The minimum atomic E-state index is 0.596. The second-order valence-corrected chi connectivity index (χ2v) is 6.88. The Bertz CT molecular complexity index is 787.